The number of halogens is 1. The average molecular weight is 276 g/mol. The first-order valence-electron chi connectivity index (χ1n) is 6.75. The molecule has 0 amide bonds. The SMILES string of the molecule is CCc1nc(-c2ccc(C)c(Cl)c2)c(N)n1C1CC1. The summed E-state index contributed by atoms with van der Waals surface area (Å²) >= 11 is 6.20. The van der Waals surface area contributed by atoms with Crippen LogP contribution < -0.4 is 5.73 Å². The number of rotatable bonds is 3. The predicted molar refractivity (Wildman–Crippen MR) is 79.5 cm³/mol. The molecule has 3 nitrogen and oxygen atoms in total. The highest BCUT2D eigenvalue weighted by molar-refractivity contribution is 6.31. The monoisotopic (exact) mass is 275 g/mol. The number of hydrogen-bond donors (Lipinski definition) is 1. The Kier molecular flexibility index (Phi) is 3.02. The average Bonchev–Trinajstić information content (AvgIpc) is 3.17. The molecule has 1 saturated carbocycles. The maximum Gasteiger partial charge on any atom is 0.131 e. The fourth-order valence-corrected chi connectivity index (χ4v) is 2.62. The topological polar surface area (TPSA) is 43.8 Å². The van der Waals surface area contributed by atoms with Gasteiger partial charge in [-0.2, -0.15) is 0 Å². The zero-order valence-electron chi connectivity index (χ0n) is 11.3. The lowest BCUT2D eigenvalue weighted by atomic mass is 10.1. The molecule has 2 aromatic rings. The van der Waals surface area contributed by atoms with Crippen molar-refractivity contribution in [2.45, 2.75) is 39.2 Å². The lowest BCUT2D eigenvalue weighted by Gasteiger charge is -2.07. The van der Waals surface area contributed by atoms with Crippen LogP contribution in [-0.2, 0) is 6.42 Å². The number of nitrogens with two attached hydrogens (primary N) is 1. The Morgan fingerprint density at radius 1 is 1.42 bits per heavy atom. The minimum atomic E-state index is 0.553. The van der Waals surface area contributed by atoms with Crippen LogP contribution in [-0.4, -0.2) is 9.55 Å². The predicted octanol–water partition coefficient (Wildman–Crippen LogP) is 3.99. The molecule has 0 radical (unpaired) electrons. The molecule has 100 valence electrons. The Morgan fingerprint density at radius 2 is 2.16 bits per heavy atom. The second-order valence-electron chi connectivity index (χ2n) is 5.18. The van der Waals surface area contributed by atoms with Gasteiger partial charge in [-0.3, -0.25) is 0 Å². The zero-order chi connectivity index (χ0) is 13.6. The maximum absolute atomic E-state index is 6.30. The summed E-state index contributed by atoms with van der Waals surface area (Å²) in [4.78, 5) is 4.71. The number of hydrogen-bond acceptors (Lipinski definition) is 2. The van der Waals surface area contributed by atoms with Crippen LogP contribution in [0, 0.1) is 6.92 Å². The van der Waals surface area contributed by atoms with Gasteiger partial charge < -0.3 is 10.3 Å². The highest BCUT2D eigenvalue weighted by Gasteiger charge is 2.29. The number of aryl methyl sites for hydroxylation is 2. The third-order valence-corrected chi connectivity index (χ3v) is 4.10. The van der Waals surface area contributed by atoms with Gasteiger partial charge >= 0.3 is 0 Å². The van der Waals surface area contributed by atoms with Gasteiger partial charge in [-0.05, 0) is 31.4 Å². The van der Waals surface area contributed by atoms with Crippen molar-refractivity contribution in [3.8, 4) is 11.3 Å². The Morgan fingerprint density at radius 3 is 2.74 bits per heavy atom. The number of benzene rings is 1. The molecule has 0 unspecified atom stereocenters. The van der Waals surface area contributed by atoms with Crippen LogP contribution in [0.5, 0.6) is 0 Å². The molecule has 1 heterocycles. The third-order valence-electron chi connectivity index (χ3n) is 3.69. The normalized spacial score (nSPS) is 14.9. The molecule has 1 fully saturated rings. The van der Waals surface area contributed by atoms with E-state index in [1.54, 1.807) is 0 Å². The van der Waals surface area contributed by atoms with E-state index in [9.17, 15) is 0 Å². The molecule has 1 aromatic heterocycles. The van der Waals surface area contributed by atoms with Crippen molar-refractivity contribution in [2.24, 2.45) is 0 Å². The highest BCUT2D eigenvalue weighted by Crippen LogP contribution is 2.41. The minimum absolute atomic E-state index is 0.553. The van der Waals surface area contributed by atoms with Crippen molar-refractivity contribution in [1.82, 2.24) is 9.55 Å². The summed E-state index contributed by atoms with van der Waals surface area (Å²) in [7, 11) is 0. The molecule has 19 heavy (non-hydrogen) atoms. The van der Waals surface area contributed by atoms with Crippen LogP contribution in [0.1, 0.15) is 37.2 Å². The van der Waals surface area contributed by atoms with Gasteiger partial charge in [-0.1, -0.05) is 30.7 Å². The van der Waals surface area contributed by atoms with E-state index in [1.807, 2.05) is 25.1 Å². The fourth-order valence-electron chi connectivity index (χ4n) is 2.44. The smallest absolute Gasteiger partial charge is 0.131 e. The van der Waals surface area contributed by atoms with Gasteiger partial charge in [-0.15, -0.1) is 0 Å². The van der Waals surface area contributed by atoms with Crippen molar-refractivity contribution in [3.63, 3.8) is 0 Å². The molecule has 0 bridgehead atoms. The molecular formula is C15H18ClN3. The van der Waals surface area contributed by atoms with Crippen LogP contribution in [0.2, 0.25) is 5.02 Å². The molecule has 0 saturated heterocycles. The van der Waals surface area contributed by atoms with E-state index >= 15 is 0 Å². The van der Waals surface area contributed by atoms with Crippen LogP contribution >= 0.6 is 11.6 Å². The van der Waals surface area contributed by atoms with E-state index < -0.39 is 0 Å². The van der Waals surface area contributed by atoms with E-state index in [0.717, 1.165) is 39.9 Å². The third kappa shape index (κ3) is 2.12. The van der Waals surface area contributed by atoms with Gasteiger partial charge in [0.2, 0.25) is 0 Å². The minimum Gasteiger partial charge on any atom is -0.383 e. The number of nitrogen functional groups attached to an aromatic ring is 1. The summed E-state index contributed by atoms with van der Waals surface area (Å²) in [5, 5.41) is 0.760. The first kappa shape index (κ1) is 12.5. The van der Waals surface area contributed by atoms with Gasteiger partial charge in [0, 0.05) is 23.0 Å². The number of nitrogens with zero attached hydrogens (tertiary/aromatic N) is 2. The summed E-state index contributed by atoms with van der Waals surface area (Å²) in [6.07, 6.45) is 3.32. The first-order chi connectivity index (χ1) is 9.11. The number of aromatic nitrogens is 2. The van der Waals surface area contributed by atoms with E-state index in [-0.39, 0.29) is 0 Å². The molecule has 0 aliphatic heterocycles. The largest absolute Gasteiger partial charge is 0.383 e. The Hall–Kier alpha value is -1.48. The van der Waals surface area contributed by atoms with Crippen LogP contribution in [0.25, 0.3) is 11.3 Å². The molecular weight excluding hydrogens is 258 g/mol. The van der Waals surface area contributed by atoms with E-state index in [1.165, 1.54) is 12.8 Å². The molecule has 1 aliphatic rings. The highest BCUT2D eigenvalue weighted by atomic mass is 35.5. The molecule has 0 atom stereocenters. The van der Waals surface area contributed by atoms with Crippen molar-refractivity contribution in [3.05, 3.63) is 34.6 Å². The van der Waals surface area contributed by atoms with Crippen molar-refractivity contribution < 1.29 is 0 Å². The standard InChI is InChI=1S/C15H18ClN3/c1-3-13-18-14(15(17)19(13)11-6-7-11)10-5-4-9(2)12(16)8-10/h4-5,8,11H,3,6-7,17H2,1-2H3. The fraction of sp³-hybridized carbons (Fsp3) is 0.400. The first-order valence-corrected chi connectivity index (χ1v) is 7.12. The van der Waals surface area contributed by atoms with Gasteiger partial charge in [0.1, 0.15) is 17.3 Å². The Balaban J connectivity index is 2.11. The molecule has 1 aromatic carbocycles. The van der Waals surface area contributed by atoms with E-state index in [2.05, 4.69) is 11.5 Å². The molecule has 3 rings (SSSR count). The summed E-state index contributed by atoms with van der Waals surface area (Å²) < 4.78 is 2.20. The van der Waals surface area contributed by atoms with Crippen LogP contribution in [0.15, 0.2) is 18.2 Å². The quantitative estimate of drug-likeness (QED) is 0.920. The Labute approximate surface area is 118 Å². The summed E-state index contributed by atoms with van der Waals surface area (Å²) in [5.41, 5.74) is 9.24. The lowest BCUT2D eigenvalue weighted by molar-refractivity contribution is 0.696. The summed E-state index contributed by atoms with van der Waals surface area (Å²) in [6, 6.07) is 6.55. The number of anilines is 1. The second-order valence-corrected chi connectivity index (χ2v) is 5.59. The summed E-state index contributed by atoms with van der Waals surface area (Å²) in [6.45, 7) is 4.11. The van der Waals surface area contributed by atoms with E-state index in [0.29, 0.717) is 6.04 Å². The van der Waals surface area contributed by atoms with Gasteiger partial charge in [0.15, 0.2) is 0 Å². The van der Waals surface area contributed by atoms with Crippen molar-refractivity contribution in [1.29, 1.82) is 0 Å². The van der Waals surface area contributed by atoms with Gasteiger partial charge in [-0.25, -0.2) is 4.98 Å². The second kappa shape index (κ2) is 4.57. The molecule has 2 N–H and O–H groups in total. The molecule has 0 spiro atoms. The number of imidazole rings is 1. The van der Waals surface area contributed by atoms with Crippen molar-refractivity contribution in [2.75, 3.05) is 5.73 Å². The molecule has 1 aliphatic carbocycles. The Bertz CT molecular complexity index is 627. The zero-order valence-corrected chi connectivity index (χ0v) is 12.0. The lowest BCUT2D eigenvalue weighted by Crippen LogP contribution is -2.04. The summed E-state index contributed by atoms with van der Waals surface area (Å²) in [5.74, 6) is 1.85. The maximum atomic E-state index is 6.30. The van der Waals surface area contributed by atoms with E-state index in [4.69, 9.17) is 22.3 Å². The van der Waals surface area contributed by atoms with Crippen LogP contribution in [0.4, 0.5) is 5.82 Å². The van der Waals surface area contributed by atoms with Gasteiger partial charge in [0.05, 0.1) is 0 Å². The van der Waals surface area contributed by atoms with Gasteiger partial charge in [0.25, 0.3) is 0 Å². The molecule has 4 heteroatoms. The van der Waals surface area contributed by atoms with Crippen molar-refractivity contribution >= 4 is 17.4 Å². The van der Waals surface area contributed by atoms with Crippen LogP contribution in [0.3, 0.4) is 0 Å².